The molecular weight excluding hydrogens is 232 g/mol. The molecule has 0 saturated carbocycles. The maximum absolute atomic E-state index is 9.27. The minimum Gasteiger partial charge on any atom is -0.489 e. The smallest absolute Gasteiger partial charge is 0.119 e. The molecular formula is C14H16O2S. The molecule has 0 aliphatic rings. The number of aliphatic hydroxyl groups excluding tert-OH is 1. The Morgan fingerprint density at radius 2 is 1.94 bits per heavy atom. The third-order valence-corrected chi connectivity index (χ3v) is 3.17. The van der Waals surface area contributed by atoms with E-state index in [-0.39, 0.29) is 6.10 Å². The Bertz CT molecular complexity index is 432. The summed E-state index contributed by atoms with van der Waals surface area (Å²) in [4.78, 5) is 0. The second-order valence-electron chi connectivity index (χ2n) is 4.12. The van der Waals surface area contributed by atoms with E-state index in [0.717, 1.165) is 11.3 Å². The highest BCUT2D eigenvalue weighted by molar-refractivity contribution is 7.07. The van der Waals surface area contributed by atoms with Gasteiger partial charge in [-0.3, -0.25) is 0 Å². The number of aliphatic hydroxyl groups is 1. The van der Waals surface area contributed by atoms with E-state index in [1.807, 2.05) is 29.6 Å². The van der Waals surface area contributed by atoms with Crippen molar-refractivity contribution in [1.82, 2.24) is 0 Å². The second kappa shape index (κ2) is 5.84. The lowest BCUT2D eigenvalue weighted by molar-refractivity contribution is 0.195. The Hall–Kier alpha value is -1.32. The molecule has 0 spiro atoms. The summed E-state index contributed by atoms with van der Waals surface area (Å²) in [7, 11) is 0. The maximum atomic E-state index is 9.27. The lowest BCUT2D eigenvalue weighted by Crippen LogP contribution is -2.03. The second-order valence-corrected chi connectivity index (χ2v) is 4.90. The number of hydrogen-bond donors (Lipinski definition) is 1. The molecule has 1 aromatic heterocycles. The fourth-order valence-corrected chi connectivity index (χ4v) is 2.26. The molecule has 0 aliphatic heterocycles. The SMILES string of the molecule is CC(O)Cc1ccc(OCc2ccsc2)cc1. The van der Waals surface area contributed by atoms with Crippen molar-refractivity contribution >= 4 is 11.3 Å². The molecule has 1 heterocycles. The van der Waals surface area contributed by atoms with Gasteiger partial charge in [-0.25, -0.2) is 0 Å². The average Bonchev–Trinajstić information content (AvgIpc) is 2.80. The number of benzene rings is 1. The molecule has 1 aromatic carbocycles. The highest BCUT2D eigenvalue weighted by Gasteiger charge is 2.00. The van der Waals surface area contributed by atoms with Gasteiger partial charge >= 0.3 is 0 Å². The van der Waals surface area contributed by atoms with Gasteiger partial charge in [0.05, 0.1) is 6.10 Å². The Labute approximate surface area is 105 Å². The molecule has 90 valence electrons. The van der Waals surface area contributed by atoms with E-state index >= 15 is 0 Å². The van der Waals surface area contributed by atoms with E-state index < -0.39 is 0 Å². The minimum atomic E-state index is -0.299. The standard InChI is InChI=1S/C14H16O2S/c1-11(15)8-12-2-4-14(5-3-12)16-9-13-6-7-17-10-13/h2-7,10-11,15H,8-9H2,1H3. The number of thiophene rings is 1. The van der Waals surface area contributed by atoms with Gasteiger partial charge in [0.1, 0.15) is 12.4 Å². The molecule has 0 fully saturated rings. The van der Waals surface area contributed by atoms with E-state index in [1.165, 1.54) is 5.56 Å². The van der Waals surface area contributed by atoms with Crippen molar-refractivity contribution in [2.45, 2.75) is 26.1 Å². The Morgan fingerprint density at radius 3 is 2.53 bits per heavy atom. The van der Waals surface area contributed by atoms with Crippen molar-refractivity contribution < 1.29 is 9.84 Å². The van der Waals surface area contributed by atoms with Crippen molar-refractivity contribution in [1.29, 1.82) is 0 Å². The molecule has 2 aromatic rings. The molecule has 17 heavy (non-hydrogen) atoms. The highest BCUT2D eigenvalue weighted by Crippen LogP contribution is 2.16. The third kappa shape index (κ3) is 3.88. The molecule has 2 rings (SSSR count). The number of hydrogen-bond acceptors (Lipinski definition) is 3. The molecule has 0 bridgehead atoms. The first kappa shape index (κ1) is 12.1. The molecule has 1 atom stereocenters. The third-order valence-electron chi connectivity index (χ3n) is 2.44. The summed E-state index contributed by atoms with van der Waals surface area (Å²) < 4.78 is 5.65. The minimum absolute atomic E-state index is 0.299. The Balaban J connectivity index is 1.89. The summed E-state index contributed by atoms with van der Waals surface area (Å²) in [6.45, 7) is 2.40. The van der Waals surface area contributed by atoms with Crippen LogP contribution in [0.25, 0.3) is 0 Å². The van der Waals surface area contributed by atoms with Gasteiger partial charge in [0.15, 0.2) is 0 Å². The number of ether oxygens (including phenoxy) is 1. The van der Waals surface area contributed by atoms with Gasteiger partial charge in [-0.1, -0.05) is 12.1 Å². The van der Waals surface area contributed by atoms with Crippen molar-refractivity contribution in [2.75, 3.05) is 0 Å². The fraction of sp³-hybridized carbons (Fsp3) is 0.286. The molecule has 0 amide bonds. The van der Waals surface area contributed by atoms with Crippen LogP contribution in [0, 0.1) is 0 Å². The Morgan fingerprint density at radius 1 is 1.18 bits per heavy atom. The zero-order valence-corrected chi connectivity index (χ0v) is 10.6. The molecule has 2 nitrogen and oxygen atoms in total. The van der Waals surface area contributed by atoms with Gasteiger partial charge in [0.25, 0.3) is 0 Å². The van der Waals surface area contributed by atoms with Crippen molar-refractivity contribution in [3.05, 3.63) is 52.2 Å². The van der Waals surface area contributed by atoms with Crippen LogP contribution in [-0.2, 0) is 13.0 Å². The number of rotatable bonds is 5. The lowest BCUT2D eigenvalue weighted by atomic mass is 10.1. The lowest BCUT2D eigenvalue weighted by Gasteiger charge is -2.07. The largest absolute Gasteiger partial charge is 0.489 e. The highest BCUT2D eigenvalue weighted by atomic mass is 32.1. The van der Waals surface area contributed by atoms with E-state index in [9.17, 15) is 5.11 Å². The van der Waals surface area contributed by atoms with E-state index in [4.69, 9.17) is 4.74 Å². The zero-order chi connectivity index (χ0) is 12.1. The predicted molar refractivity (Wildman–Crippen MR) is 70.5 cm³/mol. The molecule has 1 N–H and O–H groups in total. The first-order chi connectivity index (χ1) is 8.24. The fourth-order valence-electron chi connectivity index (χ4n) is 1.60. The molecule has 0 aliphatic carbocycles. The summed E-state index contributed by atoms with van der Waals surface area (Å²) in [6, 6.07) is 9.95. The van der Waals surface area contributed by atoms with E-state index in [0.29, 0.717) is 13.0 Å². The Kier molecular flexibility index (Phi) is 4.18. The summed E-state index contributed by atoms with van der Waals surface area (Å²) in [5, 5.41) is 13.4. The van der Waals surface area contributed by atoms with Crippen LogP contribution in [0.4, 0.5) is 0 Å². The van der Waals surface area contributed by atoms with Gasteiger partial charge in [-0.2, -0.15) is 11.3 Å². The molecule has 0 saturated heterocycles. The van der Waals surface area contributed by atoms with Gasteiger partial charge in [-0.15, -0.1) is 0 Å². The van der Waals surface area contributed by atoms with Crippen molar-refractivity contribution in [2.24, 2.45) is 0 Å². The monoisotopic (exact) mass is 248 g/mol. The van der Waals surface area contributed by atoms with Crippen LogP contribution >= 0.6 is 11.3 Å². The first-order valence-corrected chi connectivity index (χ1v) is 6.59. The average molecular weight is 248 g/mol. The summed E-state index contributed by atoms with van der Waals surface area (Å²) in [5.74, 6) is 0.866. The molecule has 0 radical (unpaired) electrons. The van der Waals surface area contributed by atoms with Crippen LogP contribution in [0.2, 0.25) is 0 Å². The summed E-state index contributed by atoms with van der Waals surface area (Å²) in [5.41, 5.74) is 2.32. The van der Waals surface area contributed by atoms with Crippen molar-refractivity contribution in [3.63, 3.8) is 0 Å². The van der Waals surface area contributed by atoms with Crippen LogP contribution in [0.5, 0.6) is 5.75 Å². The summed E-state index contributed by atoms with van der Waals surface area (Å²) >= 11 is 1.68. The first-order valence-electron chi connectivity index (χ1n) is 5.65. The van der Waals surface area contributed by atoms with E-state index in [1.54, 1.807) is 18.3 Å². The van der Waals surface area contributed by atoms with Gasteiger partial charge in [-0.05, 0) is 53.4 Å². The van der Waals surface area contributed by atoms with Crippen molar-refractivity contribution in [3.8, 4) is 5.75 Å². The summed E-state index contributed by atoms with van der Waals surface area (Å²) in [6.07, 6.45) is 0.387. The van der Waals surface area contributed by atoms with Crippen LogP contribution in [-0.4, -0.2) is 11.2 Å². The van der Waals surface area contributed by atoms with Crippen LogP contribution in [0.15, 0.2) is 41.1 Å². The topological polar surface area (TPSA) is 29.5 Å². The van der Waals surface area contributed by atoms with Gasteiger partial charge < -0.3 is 9.84 Å². The van der Waals surface area contributed by atoms with E-state index in [2.05, 4.69) is 11.4 Å². The van der Waals surface area contributed by atoms with Crippen LogP contribution in [0.1, 0.15) is 18.1 Å². The zero-order valence-electron chi connectivity index (χ0n) is 9.80. The molecule has 3 heteroatoms. The molecule has 1 unspecified atom stereocenters. The van der Waals surface area contributed by atoms with Crippen LogP contribution < -0.4 is 4.74 Å². The predicted octanol–water partition coefficient (Wildman–Crippen LogP) is 3.25. The van der Waals surface area contributed by atoms with Crippen LogP contribution in [0.3, 0.4) is 0 Å². The van der Waals surface area contributed by atoms with Gasteiger partial charge in [0, 0.05) is 0 Å². The quantitative estimate of drug-likeness (QED) is 0.880. The normalized spacial score (nSPS) is 12.4. The maximum Gasteiger partial charge on any atom is 0.119 e. The van der Waals surface area contributed by atoms with Gasteiger partial charge in [0.2, 0.25) is 0 Å².